The van der Waals surface area contributed by atoms with Crippen molar-refractivity contribution in [2.24, 2.45) is 5.92 Å². The van der Waals surface area contributed by atoms with Gasteiger partial charge in [-0.05, 0) is 24.3 Å². The van der Waals surface area contributed by atoms with Gasteiger partial charge in [-0.3, -0.25) is 4.98 Å². The van der Waals surface area contributed by atoms with E-state index in [-0.39, 0.29) is 11.4 Å². The Bertz CT molecular complexity index is 826. The first-order valence-electron chi connectivity index (χ1n) is 7.18. The van der Waals surface area contributed by atoms with Crippen LogP contribution in [-0.2, 0) is 10.0 Å². The minimum atomic E-state index is -3.89. The van der Waals surface area contributed by atoms with E-state index < -0.39 is 41.4 Å². The molecule has 0 radical (unpaired) electrons. The molecule has 0 bridgehead atoms. The molecule has 124 valence electrons. The van der Waals surface area contributed by atoms with E-state index in [9.17, 15) is 17.2 Å². The smallest absolute Gasteiger partial charge is 0.255 e. The molecule has 1 fully saturated rings. The van der Waals surface area contributed by atoms with Gasteiger partial charge in [0.2, 0.25) is 10.0 Å². The third-order valence-electron chi connectivity index (χ3n) is 4.15. The monoisotopic (exact) mass is 342 g/mol. The van der Waals surface area contributed by atoms with Crippen LogP contribution in [0.15, 0.2) is 41.4 Å². The van der Waals surface area contributed by atoms with Crippen molar-refractivity contribution in [2.75, 3.05) is 19.7 Å². The van der Waals surface area contributed by atoms with Crippen LogP contribution < -0.4 is 0 Å². The summed E-state index contributed by atoms with van der Waals surface area (Å²) in [4.78, 5) is 4.16. The molecule has 0 amide bonds. The Morgan fingerprint density at radius 1 is 1.35 bits per heavy atom. The zero-order chi connectivity index (χ0) is 16.7. The van der Waals surface area contributed by atoms with Crippen LogP contribution in [-0.4, -0.2) is 48.4 Å². The lowest BCUT2D eigenvalue weighted by Gasteiger charge is -2.36. The van der Waals surface area contributed by atoms with Gasteiger partial charge in [0, 0.05) is 31.1 Å². The molecule has 1 aromatic carbocycles. The fourth-order valence-electron chi connectivity index (χ4n) is 2.72. The van der Waals surface area contributed by atoms with Crippen molar-refractivity contribution < 1.29 is 22.3 Å². The first kappa shape index (κ1) is 16.2. The maximum Gasteiger partial charge on any atom is 0.255 e. The second-order valence-electron chi connectivity index (χ2n) is 5.61. The fourth-order valence-corrected chi connectivity index (χ4v) is 4.24. The molecule has 2 aromatic rings. The van der Waals surface area contributed by atoms with Crippen LogP contribution in [0.2, 0.25) is 0 Å². The van der Waals surface area contributed by atoms with Crippen LogP contribution in [0.4, 0.5) is 8.78 Å². The Morgan fingerprint density at radius 2 is 2.13 bits per heavy atom. The molecule has 1 saturated heterocycles. The third kappa shape index (κ3) is 2.93. The van der Waals surface area contributed by atoms with Gasteiger partial charge in [-0.25, -0.2) is 17.2 Å². The number of hydrogen-bond acceptors (Lipinski definition) is 4. The lowest BCUT2D eigenvalue weighted by molar-refractivity contribution is -0.107. The average Bonchev–Trinajstić information content (AvgIpc) is 2.54. The van der Waals surface area contributed by atoms with E-state index in [1.807, 2.05) is 0 Å². The van der Waals surface area contributed by atoms with Gasteiger partial charge in [0.05, 0.1) is 22.9 Å². The van der Waals surface area contributed by atoms with Crippen LogP contribution in [0.3, 0.4) is 0 Å². The number of sulfonamides is 1. The molecule has 1 aliphatic rings. The SMILES string of the molecule is O=S(=O)(c1ccc2ncccc2c1)N1CCC(F)(F)C(CO)C1. The van der Waals surface area contributed by atoms with Crippen molar-refractivity contribution >= 4 is 20.9 Å². The summed E-state index contributed by atoms with van der Waals surface area (Å²) >= 11 is 0. The van der Waals surface area contributed by atoms with Gasteiger partial charge in [-0.1, -0.05) is 6.07 Å². The standard InChI is InChI=1S/C15H16F2N2O3S/c16-15(17)5-7-19(9-12(15)10-20)23(21,22)13-3-4-14-11(8-13)2-1-6-18-14/h1-4,6,8,12,20H,5,7,9-10H2. The number of hydrogen-bond donors (Lipinski definition) is 1. The van der Waals surface area contributed by atoms with Gasteiger partial charge >= 0.3 is 0 Å². The largest absolute Gasteiger partial charge is 0.396 e. The van der Waals surface area contributed by atoms with Gasteiger partial charge in [0.15, 0.2) is 0 Å². The first-order valence-corrected chi connectivity index (χ1v) is 8.62. The number of benzene rings is 1. The van der Waals surface area contributed by atoms with Crippen molar-refractivity contribution in [1.29, 1.82) is 0 Å². The highest BCUT2D eigenvalue weighted by atomic mass is 32.2. The number of aliphatic hydroxyl groups is 1. The first-order chi connectivity index (χ1) is 10.8. The van der Waals surface area contributed by atoms with Crippen LogP contribution in [0.5, 0.6) is 0 Å². The molecular weight excluding hydrogens is 326 g/mol. The zero-order valence-corrected chi connectivity index (χ0v) is 13.0. The Morgan fingerprint density at radius 3 is 2.87 bits per heavy atom. The average molecular weight is 342 g/mol. The minimum absolute atomic E-state index is 0.0416. The fraction of sp³-hybridized carbons (Fsp3) is 0.400. The molecule has 0 aliphatic carbocycles. The lowest BCUT2D eigenvalue weighted by Crippen LogP contribution is -2.50. The predicted octanol–water partition coefficient (Wildman–Crippen LogP) is 1.87. The number of pyridine rings is 1. The molecule has 5 nitrogen and oxygen atoms in total. The van der Waals surface area contributed by atoms with E-state index in [0.717, 1.165) is 4.31 Å². The molecule has 1 N–H and O–H groups in total. The number of nitrogens with zero attached hydrogens (tertiary/aromatic N) is 2. The number of aromatic nitrogens is 1. The number of piperidine rings is 1. The normalized spacial score (nSPS) is 22.3. The lowest BCUT2D eigenvalue weighted by atomic mass is 9.96. The second-order valence-corrected chi connectivity index (χ2v) is 7.55. The second kappa shape index (κ2) is 5.77. The maximum absolute atomic E-state index is 13.7. The molecule has 2 heterocycles. The molecule has 0 saturated carbocycles. The molecule has 3 rings (SSSR count). The molecule has 0 spiro atoms. The highest BCUT2D eigenvalue weighted by Crippen LogP contribution is 2.35. The van der Waals surface area contributed by atoms with E-state index >= 15 is 0 Å². The highest BCUT2D eigenvalue weighted by Gasteiger charge is 2.46. The molecule has 8 heteroatoms. The minimum Gasteiger partial charge on any atom is -0.396 e. The quantitative estimate of drug-likeness (QED) is 0.924. The van der Waals surface area contributed by atoms with Gasteiger partial charge in [-0.2, -0.15) is 4.31 Å². The summed E-state index contributed by atoms with van der Waals surface area (Å²) in [5, 5.41) is 9.77. The van der Waals surface area contributed by atoms with E-state index in [1.54, 1.807) is 24.4 Å². The molecule has 1 unspecified atom stereocenters. The topological polar surface area (TPSA) is 70.5 Å². The summed E-state index contributed by atoms with van der Waals surface area (Å²) in [6, 6.07) is 7.93. The number of fused-ring (bicyclic) bond motifs is 1. The van der Waals surface area contributed by atoms with Crippen molar-refractivity contribution in [3.63, 3.8) is 0 Å². The van der Waals surface area contributed by atoms with E-state index in [1.165, 1.54) is 12.1 Å². The zero-order valence-electron chi connectivity index (χ0n) is 12.2. The van der Waals surface area contributed by atoms with Crippen molar-refractivity contribution in [2.45, 2.75) is 17.2 Å². The maximum atomic E-state index is 13.7. The molecular formula is C15H16F2N2O3S. The van der Waals surface area contributed by atoms with Crippen LogP contribution >= 0.6 is 0 Å². The number of halogens is 2. The van der Waals surface area contributed by atoms with E-state index in [2.05, 4.69) is 4.98 Å². The van der Waals surface area contributed by atoms with Gasteiger partial charge in [0.1, 0.15) is 0 Å². The molecule has 1 aromatic heterocycles. The Kier molecular flexibility index (Phi) is 4.07. The predicted molar refractivity (Wildman–Crippen MR) is 80.6 cm³/mol. The molecule has 1 atom stereocenters. The van der Waals surface area contributed by atoms with Crippen LogP contribution in [0.1, 0.15) is 6.42 Å². The van der Waals surface area contributed by atoms with Gasteiger partial charge < -0.3 is 5.11 Å². The highest BCUT2D eigenvalue weighted by molar-refractivity contribution is 7.89. The number of aliphatic hydroxyl groups excluding tert-OH is 1. The Labute approximate surface area is 132 Å². The third-order valence-corrected chi connectivity index (χ3v) is 6.01. The summed E-state index contributed by atoms with van der Waals surface area (Å²) in [5.74, 6) is -4.43. The summed E-state index contributed by atoms with van der Waals surface area (Å²) < 4.78 is 53.7. The van der Waals surface area contributed by atoms with Crippen molar-refractivity contribution in [1.82, 2.24) is 9.29 Å². The summed E-state index contributed by atoms with van der Waals surface area (Å²) in [6.07, 6.45) is 1.02. The number of rotatable bonds is 3. The Balaban J connectivity index is 1.94. The summed E-state index contributed by atoms with van der Waals surface area (Å²) in [7, 11) is -3.89. The van der Waals surface area contributed by atoms with Crippen molar-refractivity contribution in [3.8, 4) is 0 Å². The number of alkyl halides is 2. The molecule has 1 aliphatic heterocycles. The van der Waals surface area contributed by atoms with Crippen molar-refractivity contribution in [3.05, 3.63) is 36.5 Å². The van der Waals surface area contributed by atoms with Crippen LogP contribution in [0, 0.1) is 5.92 Å². The van der Waals surface area contributed by atoms with Gasteiger partial charge in [0.25, 0.3) is 5.92 Å². The van der Waals surface area contributed by atoms with E-state index in [0.29, 0.717) is 10.9 Å². The van der Waals surface area contributed by atoms with Gasteiger partial charge in [-0.15, -0.1) is 0 Å². The van der Waals surface area contributed by atoms with E-state index in [4.69, 9.17) is 5.11 Å². The molecule has 23 heavy (non-hydrogen) atoms. The van der Waals surface area contributed by atoms with Crippen LogP contribution in [0.25, 0.3) is 10.9 Å². The summed E-state index contributed by atoms with van der Waals surface area (Å²) in [6.45, 7) is -1.41. The summed E-state index contributed by atoms with van der Waals surface area (Å²) in [5.41, 5.74) is 0.657. The Hall–Kier alpha value is -1.64.